The Hall–Kier alpha value is -0.120. The average molecular weight is 189 g/mol. The summed E-state index contributed by atoms with van der Waals surface area (Å²) >= 11 is 0. The van der Waals surface area contributed by atoms with Gasteiger partial charge in [0.05, 0.1) is 13.2 Å². The van der Waals surface area contributed by atoms with Crippen molar-refractivity contribution in [3.8, 4) is 0 Å². The summed E-state index contributed by atoms with van der Waals surface area (Å²) in [7, 11) is 3.93. The molecular weight excluding hydrogens is 166 g/mol. The molecule has 13 heavy (non-hydrogen) atoms. The van der Waals surface area contributed by atoms with Gasteiger partial charge in [-0.25, -0.2) is 0 Å². The third kappa shape index (κ3) is 4.60. The molecule has 0 unspecified atom stereocenters. The molecule has 0 rings (SSSR count). The van der Waals surface area contributed by atoms with Gasteiger partial charge in [-0.3, -0.25) is 4.90 Å². The minimum absolute atomic E-state index is 0.563. The van der Waals surface area contributed by atoms with Crippen molar-refractivity contribution in [2.75, 3.05) is 27.3 Å². The molecule has 0 N–H and O–H groups in total. The third-order valence-electron chi connectivity index (χ3n) is 1.96. The van der Waals surface area contributed by atoms with Crippen LogP contribution in [0.15, 0.2) is 0 Å². The Morgan fingerprint density at radius 3 is 1.62 bits per heavy atom. The quantitative estimate of drug-likeness (QED) is 0.572. The standard InChI is InChI=1S/C10H23NO2/c1-6-8-12-10(3,11(4)5)13-9-7-2/h6-9H2,1-5H3. The summed E-state index contributed by atoms with van der Waals surface area (Å²) < 4.78 is 11.3. The van der Waals surface area contributed by atoms with Gasteiger partial charge in [0.2, 0.25) is 5.91 Å². The summed E-state index contributed by atoms with van der Waals surface area (Å²) in [4.78, 5) is 1.96. The Morgan fingerprint density at radius 2 is 1.38 bits per heavy atom. The first kappa shape index (κ1) is 12.9. The monoisotopic (exact) mass is 189 g/mol. The predicted molar refractivity (Wildman–Crippen MR) is 54.6 cm³/mol. The van der Waals surface area contributed by atoms with E-state index in [0.717, 1.165) is 26.1 Å². The zero-order valence-corrected chi connectivity index (χ0v) is 9.59. The summed E-state index contributed by atoms with van der Waals surface area (Å²) in [5.41, 5.74) is 0. The number of rotatable bonds is 7. The lowest BCUT2D eigenvalue weighted by Crippen LogP contribution is -2.46. The summed E-state index contributed by atoms with van der Waals surface area (Å²) in [6.45, 7) is 7.61. The molecule has 0 radical (unpaired) electrons. The van der Waals surface area contributed by atoms with Gasteiger partial charge in [-0.05, 0) is 26.9 Å². The fourth-order valence-electron chi connectivity index (χ4n) is 0.883. The van der Waals surface area contributed by atoms with Crippen molar-refractivity contribution < 1.29 is 9.47 Å². The maximum atomic E-state index is 5.65. The summed E-state index contributed by atoms with van der Waals surface area (Å²) in [5.74, 6) is -0.563. The molecule has 0 spiro atoms. The van der Waals surface area contributed by atoms with Gasteiger partial charge in [-0.1, -0.05) is 13.8 Å². The van der Waals surface area contributed by atoms with Crippen LogP contribution in [0.5, 0.6) is 0 Å². The van der Waals surface area contributed by atoms with Crippen LogP contribution in [0.4, 0.5) is 0 Å². The van der Waals surface area contributed by atoms with Crippen LogP contribution in [0.3, 0.4) is 0 Å². The van der Waals surface area contributed by atoms with E-state index in [1.807, 2.05) is 25.9 Å². The lowest BCUT2D eigenvalue weighted by Gasteiger charge is -2.35. The molecule has 0 saturated carbocycles. The molecule has 0 aliphatic carbocycles. The lowest BCUT2D eigenvalue weighted by atomic mass is 10.4. The van der Waals surface area contributed by atoms with Gasteiger partial charge < -0.3 is 9.47 Å². The van der Waals surface area contributed by atoms with Crippen molar-refractivity contribution in [2.24, 2.45) is 0 Å². The van der Waals surface area contributed by atoms with Gasteiger partial charge in [-0.2, -0.15) is 0 Å². The molecule has 0 aliphatic heterocycles. The van der Waals surface area contributed by atoms with E-state index in [0.29, 0.717) is 0 Å². The van der Waals surface area contributed by atoms with E-state index >= 15 is 0 Å². The normalized spacial score (nSPS) is 12.5. The molecule has 0 amide bonds. The van der Waals surface area contributed by atoms with Crippen LogP contribution in [0.1, 0.15) is 33.6 Å². The van der Waals surface area contributed by atoms with Gasteiger partial charge in [-0.15, -0.1) is 0 Å². The minimum atomic E-state index is -0.563. The number of nitrogens with zero attached hydrogens (tertiary/aromatic N) is 1. The second-order valence-electron chi connectivity index (χ2n) is 3.49. The molecule has 0 aliphatic rings. The van der Waals surface area contributed by atoms with E-state index in [9.17, 15) is 0 Å². The highest BCUT2D eigenvalue weighted by Gasteiger charge is 2.27. The fourth-order valence-corrected chi connectivity index (χ4v) is 0.883. The lowest BCUT2D eigenvalue weighted by molar-refractivity contribution is -0.295. The maximum Gasteiger partial charge on any atom is 0.226 e. The zero-order chi connectivity index (χ0) is 10.3. The Bertz CT molecular complexity index is 118. The molecule has 0 aromatic carbocycles. The van der Waals surface area contributed by atoms with Gasteiger partial charge in [0.25, 0.3) is 0 Å². The summed E-state index contributed by atoms with van der Waals surface area (Å²) in [6, 6.07) is 0. The number of hydrogen-bond acceptors (Lipinski definition) is 3. The summed E-state index contributed by atoms with van der Waals surface area (Å²) in [5, 5.41) is 0. The fraction of sp³-hybridized carbons (Fsp3) is 1.00. The van der Waals surface area contributed by atoms with Crippen LogP contribution in [0.2, 0.25) is 0 Å². The maximum absolute atomic E-state index is 5.65. The molecule has 0 aromatic heterocycles. The summed E-state index contributed by atoms with van der Waals surface area (Å²) in [6.07, 6.45) is 2.03. The number of hydrogen-bond donors (Lipinski definition) is 0. The van der Waals surface area contributed by atoms with E-state index in [1.54, 1.807) is 0 Å². The largest absolute Gasteiger partial charge is 0.337 e. The van der Waals surface area contributed by atoms with E-state index in [2.05, 4.69) is 13.8 Å². The van der Waals surface area contributed by atoms with Crippen molar-refractivity contribution in [2.45, 2.75) is 39.5 Å². The highest BCUT2D eigenvalue weighted by atomic mass is 16.7. The van der Waals surface area contributed by atoms with Gasteiger partial charge >= 0.3 is 0 Å². The van der Waals surface area contributed by atoms with Crippen molar-refractivity contribution >= 4 is 0 Å². The van der Waals surface area contributed by atoms with Crippen LogP contribution in [0, 0.1) is 0 Å². The van der Waals surface area contributed by atoms with E-state index < -0.39 is 5.91 Å². The Morgan fingerprint density at radius 1 is 1.00 bits per heavy atom. The third-order valence-corrected chi connectivity index (χ3v) is 1.96. The zero-order valence-electron chi connectivity index (χ0n) is 9.59. The Balaban J connectivity index is 4.00. The molecule has 0 heterocycles. The van der Waals surface area contributed by atoms with Gasteiger partial charge in [0, 0.05) is 6.92 Å². The van der Waals surface area contributed by atoms with Crippen LogP contribution in [0.25, 0.3) is 0 Å². The van der Waals surface area contributed by atoms with Gasteiger partial charge in [0.15, 0.2) is 0 Å². The molecule has 80 valence electrons. The first-order chi connectivity index (χ1) is 6.06. The van der Waals surface area contributed by atoms with Crippen molar-refractivity contribution in [3.63, 3.8) is 0 Å². The van der Waals surface area contributed by atoms with E-state index in [1.165, 1.54) is 0 Å². The first-order valence-electron chi connectivity index (χ1n) is 5.02. The Kier molecular flexibility index (Phi) is 6.29. The van der Waals surface area contributed by atoms with E-state index in [-0.39, 0.29) is 0 Å². The molecular formula is C10H23NO2. The highest BCUT2D eigenvalue weighted by molar-refractivity contribution is 4.58. The number of ether oxygens (including phenoxy) is 2. The molecule has 0 fully saturated rings. The SMILES string of the molecule is CCCOC(C)(OCCC)N(C)C. The van der Waals surface area contributed by atoms with Gasteiger partial charge in [0.1, 0.15) is 0 Å². The smallest absolute Gasteiger partial charge is 0.226 e. The average Bonchev–Trinajstić information content (AvgIpc) is 2.11. The molecule has 0 atom stereocenters. The van der Waals surface area contributed by atoms with Crippen molar-refractivity contribution in [3.05, 3.63) is 0 Å². The Labute approximate surface area is 82.0 Å². The molecule has 0 saturated heterocycles. The van der Waals surface area contributed by atoms with Crippen LogP contribution in [-0.4, -0.2) is 38.1 Å². The molecule has 0 bridgehead atoms. The first-order valence-corrected chi connectivity index (χ1v) is 5.02. The second-order valence-corrected chi connectivity index (χ2v) is 3.49. The van der Waals surface area contributed by atoms with Crippen LogP contribution < -0.4 is 0 Å². The second kappa shape index (κ2) is 6.35. The van der Waals surface area contributed by atoms with Crippen molar-refractivity contribution in [1.29, 1.82) is 0 Å². The minimum Gasteiger partial charge on any atom is -0.337 e. The molecule has 3 heteroatoms. The molecule has 0 aromatic rings. The van der Waals surface area contributed by atoms with Crippen LogP contribution in [-0.2, 0) is 9.47 Å². The van der Waals surface area contributed by atoms with E-state index in [4.69, 9.17) is 9.47 Å². The van der Waals surface area contributed by atoms with Crippen molar-refractivity contribution in [1.82, 2.24) is 4.90 Å². The molecule has 3 nitrogen and oxygen atoms in total. The predicted octanol–water partition coefficient (Wildman–Crippen LogP) is 2.07. The van der Waals surface area contributed by atoms with Crippen LogP contribution >= 0.6 is 0 Å². The highest BCUT2D eigenvalue weighted by Crippen LogP contribution is 2.15. The topological polar surface area (TPSA) is 21.7 Å².